The van der Waals surface area contributed by atoms with Crippen molar-refractivity contribution in [1.82, 2.24) is 14.5 Å². The van der Waals surface area contributed by atoms with Gasteiger partial charge >= 0.3 is 0 Å². The first kappa shape index (κ1) is 22.0. The molecule has 0 fully saturated rings. The largest absolute Gasteiger partial charge is 0.493 e. The minimum Gasteiger partial charge on any atom is -0.493 e. The van der Waals surface area contributed by atoms with Crippen LogP contribution in [0.15, 0.2) is 66.7 Å². The van der Waals surface area contributed by atoms with E-state index in [0.717, 1.165) is 0 Å². The summed E-state index contributed by atoms with van der Waals surface area (Å²) < 4.78 is 18.2. The van der Waals surface area contributed by atoms with E-state index in [1.807, 2.05) is 42.5 Å². The van der Waals surface area contributed by atoms with E-state index in [-0.39, 0.29) is 11.4 Å². The second kappa shape index (κ2) is 8.86. The van der Waals surface area contributed by atoms with Crippen LogP contribution in [0.4, 0.5) is 11.5 Å². The van der Waals surface area contributed by atoms with Crippen LogP contribution < -0.4 is 25.3 Å². The van der Waals surface area contributed by atoms with Crippen LogP contribution >= 0.6 is 0 Å². The number of hydrogen-bond donors (Lipinski definition) is 2. The fraction of sp³-hybridized carbons (Fsp3) is 0.115. The second-order valence-electron chi connectivity index (χ2n) is 7.68. The number of anilines is 2. The molecule has 9 nitrogen and oxygen atoms in total. The van der Waals surface area contributed by atoms with Crippen molar-refractivity contribution < 1.29 is 19.0 Å². The third-order valence-corrected chi connectivity index (χ3v) is 5.66. The van der Waals surface area contributed by atoms with Crippen LogP contribution in [-0.2, 0) is 0 Å². The highest BCUT2D eigenvalue weighted by Crippen LogP contribution is 2.41. The molecular formula is C26H23N5O4. The van der Waals surface area contributed by atoms with Gasteiger partial charge in [0.15, 0.2) is 17.1 Å². The summed E-state index contributed by atoms with van der Waals surface area (Å²) >= 11 is 0. The van der Waals surface area contributed by atoms with E-state index < -0.39 is 5.91 Å². The van der Waals surface area contributed by atoms with E-state index in [9.17, 15) is 4.79 Å². The number of aromatic nitrogens is 3. The van der Waals surface area contributed by atoms with Crippen LogP contribution in [-0.4, -0.2) is 41.8 Å². The number of methoxy groups -OCH3 is 3. The lowest BCUT2D eigenvalue weighted by atomic mass is 10.2. The Bertz CT molecular complexity index is 1540. The zero-order valence-electron chi connectivity index (χ0n) is 19.4. The molecule has 0 saturated heterocycles. The molecule has 0 spiro atoms. The predicted octanol–water partition coefficient (Wildman–Crippen LogP) is 4.43. The SMILES string of the molecule is COc1cc(-n2c(N)c(C(=O)Nc3ccccc3)c3nc4ccccc4nc32)cc(OC)c1OC. The molecule has 5 rings (SSSR count). The molecule has 3 aromatic carbocycles. The smallest absolute Gasteiger partial charge is 0.261 e. The highest BCUT2D eigenvalue weighted by Gasteiger charge is 2.26. The van der Waals surface area contributed by atoms with Gasteiger partial charge in [0, 0.05) is 17.8 Å². The van der Waals surface area contributed by atoms with E-state index in [0.29, 0.717) is 50.8 Å². The number of nitrogens with two attached hydrogens (primary N) is 1. The highest BCUT2D eigenvalue weighted by atomic mass is 16.5. The van der Waals surface area contributed by atoms with Gasteiger partial charge in [-0.15, -0.1) is 0 Å². The average molecular weight is 470 g/mol. The summed E-state index contributed by atoms with van der Waals surface area (Å²) in [6.07, 6.45) is 0. The monoisotopic (exact) mass is 469 g/mol. The Morgan fingerprint density at radius 3 is 2.06 bits per heavy atom. The van der Waals surface area contributed by atoms with E-state index in [1.165, 1.54) is 21.3 Å². The molecule has 2 heterocycles. The lowest BCUT2D eigenvalue weighted by molar-refractivity contribution is 0.102. The van der Waals surface area contributed by atoms with Gasteiger partial charge in [0.1, 0.15) is 16.9 Å². The predicted molar refractivity (Wildman–Crippen MR) is 135 cm³/mol. The van der Waals surface area contributed by atoms with Crippen molar-refractivity contribution in [3.8, 4) is 22.9 Å². The van der Waals surface area contributed by atoms with Crippen molar-refractivity contribution in [2.75, 3.05) is 32.4 Å². The molecule has 0 aliphatic rings. The molecule has 1 amide bonds. The van der Waals surface area contributed by atoms with Gasteiger partial charge in [0.2, 0.25) is 5.75 Å². The van der Waals surface area contributed by atoms with Crippen molar-refractivity contribution in [1.29, 1.82) is 0 Å². The number of hydrogen-bond acceptors (Lipinski definition) is 7. The molecule has 2 aromatic heterocycles. The summed E-state index contributed by atoms with van der Waals surface area (Å²) in [6.45, 7) is 0. The Balaban J connectivity index is 1.79. The van der Waals surface area contributed by atoms with Crippen LogP contribution in [0, 0.1) is 0 Å². The van der Waals surface area contributed by atoms with Gasteiger partial charge in [-0.1, -0.05) is 30.3 Å². The molecule has 9 heteroatoms. The van der Waals surface area contributed by atoms with Crippen molar-refractivity contribution in [2.24, 2.45) is 0 Å². The summed E-state index contributed by atoms with van der Waals surface area (Å²) in [5.74, 6) is 1.10. The second-order valence-corrected chi connectivity index (χ2v) is 7.68. The van der Waals surface area contributed by atoms with Crippen molar-refractivity contribution in [3.63, 3.8) is 0 Å². The zero-order chi connectivity index (χ0) is 24.5. The highest BCUT2D eigenvalue weighted by molar-refractivity contribution is 6.16. The fourth-order valence-electron chi connectivity index (χ4n) is 4.06. The van der Waals surface area contributed by atoms with Gasteiger partial charge in [-0.05, 0) is 24.3 Å². The van der Waals surface area contributed by atoms with Crippen LogP contribution in [0.25, 0.3) is 27.9 Å². The molecule has 5 aromatic rings. The van der Waals surface area contributed by atoms with E-state index >= 15 is 0 Å². The minimum atomic E-state index is -0.394. The Morgan fingerprint density at radius 2 is 1.46 bits per heavy atom. The standard InChI is InChI=1S/C26H23N5O4/c1-33-19-13-16(14-20(34-2)23(19)35-3)31-24(27)21(26(32)28-15-9-5-4-6-10-15)22-25(31)30-18-12-8-7-11-17(18)29-22/h4-14H,27H2,1-3H3,(H,28,32). The topological polar surface area (TPSA) is 114 Å². The van der Waals surface area contributed by atoms with E-state index in [1.54, 1.807) is 28.8 Å². The third kappa shape index (κ3) is 3.72. The number of carbonyl (C=O) groups excluding carboxylic acids is 1. The molecule has 0 aliphatic heterocycles. The number of para-hydroxylation sites is 3. The maximum Gasteiger partial charge on any atom is 0.261 e. The van der Waals surface area contributed by atoms with E-state index in [2.05, 4.69) is 5.32 Å². The quantitative estimate of drug-likeness (QED) is 0.378. The number of amides is 1. The summed E-state index contributed by atoms with van der Waals surface area (Å²) in [6, 6.07) is 20.1. The molecule has 0 aliphatic carbocycles. The molecule has 0 bridgehead atoms. The van der Waals surface area contributed by atoms with Gasteiger partial charge in [-0.2, -0.15) is 0 Å². The van der Waals surface area contributed by atoms with Crippen LogP contribution in [0.2, 0.25) is 0 Å². The lowest BCUT2D eigenvalue weighted by Crippen LogP contribution is -2.14. The summed E-state index contributed by atoms with van der Waals surface area (Å²) in [7, 11) is 4.59. The van der Waals surface area contributed by atoms with Gasteiger partial charge in [-0.25, -0.2) is 9.97 Å². The molecular weight excluding hydrogens is 446 g/mol. The first-order chi connectivity index (χ1) is 17.0. The Labute approximate surface area is 201 Å². The number of nitrogens with one attached hydrogen (secondary N) is 1. The summed E-state index contributed by atoms with van der Waals surface area (Å²) in [5.41, 5.74) is 10.2. The number of nitrogen functional groups attached to an aromatic ring is 1. The van der Waals surface area contributed by atoms with Crippen LogP contribution in [0.1, 0.15) is 10.4 Å². The summed E-state index contributed by atoms with van der Waals surface area (Å²) in [5, 5.41) is 2.90. The maximum atomic E-state index is 13.4. The van der Waals surface area contributed by atoms with Gasteiger partial charge in [0.25, 0.3) is 5.91 Å². The Hall–Kier alpha value is -4.79. The molecule has 0 radical (unpaired) electrons. The first-order valence-electron chi connectivity index (χ1n) is 10.8. The molecule has 176 valence electrons. The number of benzene rings is 3. The maximum absolute atomic E-state index is 13.4. The molecule has 35 heavy (non-hydrogen) atoms. The third-order valence-electron chi connectivity index (χ3n) is 5.66. The normalized spacial score (nSPS) is 10.9. The van der Waals surface area contributed by atoms with Gasteiger partial charge < -0.3 is 25.3 Å². The Kier molecular flexibility index (Phi) is 5.58. The summed E-state index contributed by atoms with van der Waals surface area (Å²) in [4.78, 5) is 23.0. The number of nitrogens with zero attached hydrogens (tertiary/aromatic N) is 3. The van der Waals surface area contributed by atoms with Gasteiger partial charge in [-0.3, -0.25) is 9.36 Å². The van der Waals surface area contributed by atoms with Crippen molar-refractivity contribution >= 4 is 39.6 Å². The number of carbonyl (C=O) groups is 1. The van der Waals surface area contributed by atoms with Crippen molar-refractivity contribution in [2.45, 2.75) is 0 Å². The van der Waals surface area contributed by atoms with Gasteiger partial charge in [0.05, 0.1) is 38.1 Å². The molecule has 3 N–H and O–H groups in total. The van der Waals surface area contributed by atoms with Crippen molar-refractivity contribution in [3.05, 3.63) is 72.3 Å². The van der Waals surface area contributed by atoms with Crippen LogP contribution in [0.5, 0.6) is 17.2 Å². The molecule has 0 unspecified atom stereocenters. The first-order valence-corrected chi connectivity index (χ1v) is 10.8. The average Bonchev–Trinajstić information content (AvgIpc) is 3.17. The fourth-order valence-corrected chi connectivity index (χ4v) is 4.06. The number of ether oxygens (including phenoxy) is 3. The van der Waals surface area contributed by atoms with E-state index in [4.69, 9.17) is 29.9 Å². The number of rotatable bonds is 6. The van der Waals surface area contributed by atoms with Crippen LogP contribution in [0.3, 0.4) is 0 Å². The molecule has 0 atom stereocenters. The lowest BCUT2D eigenvalue weighted by Gasteiger charge is -2.16. The Morgan fingerprint density at radius 1 is 0.857 bits per heavy atom. The minimum absolute atomic E-state index is 0.179. The zero-order valence-corrected chi connectivity index (χ0v) is 19.4. The molecule has 0 saturated carbocycles. The number of fused-ring (bicyclic) bond motifs is 2.